The average molecular weight is 340 g/mol. The Morgan fingerprint density at radius 2 is 1.96 bits per heavy atom. The molecule has 0 bridgehead atoms. The second kappa shape index (κ2) is 8.24. The van der Waals surface area contributed by atoms with Gasteiger partial charge in [-0.3, -0.25) is 9.78 Å². The molecule has 1 aliphatic rings. The van der Waals surface area contributed by atoms with Gasteiger partial charge >= 0.3 is 0 Å². The molecule has 0 spiro atoms. The lowest BCUT2D eigenvalue weighted by Crippen LogP contribution is -2.30. The molecule has 1 saturated carbocycles. The monoisotopic (exact) mass is 340 g/mol. The summed E-state index contributed by atoms with van der Waals surface area (Å²) in [6.07, 6.45) is 8.31. The van der Waals surface area contributed by atoms with Crippen LogP contribution in [0.2, 0.25) is 0 Å². The van der Waals surface area contributed by atoms with Gasteiger partial charge in [0.15, 0.2) is 0 Å². The fraction of sp³-hybridized carbons (Fsp3) is 0.429. The first kappa shape index (κ1) is 17.6. The molecule has 3 nitrogen and oxygen atoms in total. The number of hydrogen-bond acceptors (Lipinski definition) is 2. The summed E-state index contributed by atoms with van der Waals surface area (Å²) in [5.74, 6) is 0.609. The van der Waals surface area contributed by atoms with Crippen molar-refractivity contribution in [3.05, 3.63) is 54.1 Å². The van der Waals surface area contributed by atoms with E-state index in [4.69, 9.17) is 0 Å². The molecule has 132 valence electrons. The van der Waals surface area contributed by atoms with Crippen molar-refractivity contribution in [2.75, 3.05) is 13.6 Å². The van der Waals surface area contributed by atoms with Crippen molar-refractivity contribution < 1.29 is 9.18 Å². The molecule has 1 amide bonds. The second-order valence-electron chi connectivity index (χ2n) is 6.95. The number of carbonyl (C=O) groups is 1. The van der Waals surface area contributed by atoms with Crippen molar-refractivity contribution in [3.8, 4) is 11.1 Å². The standard InChI is InChI=1S/C21H25FN2O/c1-24(13-12-16-6-2-3-7-16)21(25)14-18-11-10-17(15-23-18)19-8-4-5-9-20(19)22/h4-5,8-11,15-16H,2-3,6-7,12-14H2,1H3. The number of amides is 1. The molecule has 1 aromatic heterocycles. The Hall–Kier alpha value is -2.23. The van der Waals surface area contributed by atoms with Crippen LogP contribution in [0.1, 0.15) is 37.8 Å². The van der Waals surface area contributed by atoms with Crippen LogP contribution in [-0.4, -0.2) is 29.4 Å². The number of aromatic nitrogens is 1. The van der Waals surface area contributed by atoms with E-state index in [0.717, 1.165) is 30.1 Å². The van der Waals surface area contributed by atoms with Crippen LogP contribution in [0.3, 0.4) is 0 Å². The molecule has 25 heavy (non-hydrogen) atoms. The molecule has 0 unspecified atom stereocenters. The van der Waals surface area contributed by atoms with E-state index in [0.29, 0.717) is 12.0 Å². The van der Waals surface area contributed by atoms with Gasteiger partial charge in [0.25, 0.3) is 0 Å². The van der Waals surface area contributed by atoms with Gasteiger partial charge in [0.2, 0.25) is 5.91 Å². The Bertz CT molecular complexity index is 708. The highest BCUT2D eigenvalue weighted by atomic mass is 19.1. The third-order valence-corrected chi connectivity index (χ3v) is 5.12. The number of benzene rings is 1. The Labute approximate surface area is 148 Å². The van der Waals surface area contributed by atoms with E-state index >= 15 is 0 Å². The van der Waals surface area contributed by atoms with E-state index in [-0.39, 0.29) is 11.7 Å². The van der Waals surface area contributed by atoms with Crippen molar-refractivity contribution in [1.29, 1.82) is 0 Å². The highest BCUT2D eigenvalue weighted by Crippen LogP contribution is 2.27. The van der Waals surface area contributed by atoms with Crippen LogP contribution in [0.4, 0.5) is 4.39 Å². The molecule has 3 rings (SSSR count). The first-order valence-corrected chi connectivity index (χ1v) is 9.07. The minimum Gasteiger partial charge on any atom is -0.345 e. The third kappa shape index (κ3) is 4.65. The molecule has 0 radical (unpaired) electrons. The lowest BCUT2D eigenvalue weighted by molar-refractivity contribution is -0.129. The largest absolute Gasteiger partial charge is 0.345 e. The molecule has 0 atom stereocenters. The summed E-state index contributed by atoms with van der Waals surface area (Å²) in [6, 6.07) is 10.3. The van der Waals surface area contributed by atoms with Crippen LogP contribution in [-0.2, 0) is 11.2 Å². The van der Waals surface area contributed by atoms with Gasteiger partial charge in [-0.25, -0.2) is 4.39 Å². The number of pyridine rings is 1. The molecular weight excluding hydrogens is 315 g/mol. The summed E-state index contributed by atoms with van der Waals surface area (Å²) in [7, 11) is 1.87. The summed E-state index contributed by atoms with van der Waals surface area (Å²) in [5.41, 5.74) is 1.98. The fourth-order valence-corrected chi connectivity index (χ4v) is 3.47. The van der Waals surface area contributed by atoms with Gasteiger partial charge in [-0.2, -0.15) is 0 Å². The van der Waals surface area contributed by atoms with Crippen LogP contribution in [0.25, 0.3) is 11.1 Å². The normalized spacial score (nSPS) is 14.6. The SMILES string of the molecule is CN(CCC1CCCC1)C(=O)Cc1ccc(-c2ccccc2F)cn1. The van der Waals surface area contributed by atoms with Crippen molar-refractivity contribution >= 4 is 5.91 Å². The van der Waals surface area contributed by atoms with Gasteiger partial charge in [0, 0.05) is 36.6 Å². The van der Waals surface area contributed by atoms with Gasteiger partial charge in [0.1, 0.15) is 5.82 Å². The molecule has 1 heterocycles. The van der Waals surface area contributed by atoms with Gasteiger partial charge in [-0.15, -0.1) is 0 Å². The average Bonchev–Trinajstić information content (AvgIpc) is 3.14. The first-order chi connectivity index (χ1) is 12.1. The summed E-state index contributed by atoms with van der Waals surface area (Å²) < 4.78 is 13.8. The van der Waals surface area contributed by atoms with Crippen LogP contribution < -0.4 is 0 Å². The third-order valence-electron chi connectivity index (χ3n) is 5.12. The smallest absolute Gasteiger partial charge is 0.228 e. The van der Waals surface area contributed by atoms with Gasteiger partial charge in [-0.1, -0.05) is 49.9 Å². The van der Waals surface area contributed by atoms with E-state index in [9.17, 15) is 9.18 Å². The maximum Gasteiger partial charge on any atom is 0.228 e. The topological polar surface area (TPSA) is 33.2 Å². The summed E-state index contributed by atoms with van der Waals surface area (Å²) in [4.78, 5) is 18.5. The summed E-state index contributed by atoms with van der Waals surface area (Å²) in [6.45, 7) is 0.816. The molecular formula is C21H25FN2O. The number of rotatable bonds is 6. The van der Waals surface area contributed by atoms with E-state index in [1.165, 1.54) is 31.7 Å². The summed E-state index contributed by atoms with van der Waals surface area (Å²) in [5, 5.41) is 0. The zero-order chi connectivity index (χ0) is 17.6. The highest BCUT2D eigenvalue weighted by Gasteiger charge is 2.17. The Balaban J connectivity index is 1.55. The van der Waals surface area contributed by atoms with E-state index in [1.54, 1.807) is 24.4 Å². The second-order valence-corrected chi connectivity index (χ2v) is 6.95. The molecule has 1 fully saturated rings. The van der Waals surface area contributed by atoms with E-state index in [2.05, 4.69) is 4.98 Å². The van der Waals surface area contributed by atoms with E-state index in [1.807, 2.05) is 24.1 Å². The van der Waals surface area contributed by atoms with Gasteiger partial charge in [-0.05, 0) is 24.5 Å². The molecule has 2 aromatic rings. The number of carbonyl (C=O) groups excluding carboxylic acids is 1. The molecule has 0 aliphatic heterocycles. The number of hydrogen-bond donors (Lipinski definition) is 0. The van der Waals surface area contributed by atoms with Crippen molar-refractivity contribution in [1.82, 2.24) is 9.88 Å². The van der Waals surface area contributed by atoms with Crippen molar-refractivity contribution in [2.45, 2.75) is 38.5 Å². The Morgan fingerprint density at radius 1 is 1.20 bits per heavy atom. The maximum absolute atomic E-state index is 13.8. The Morgan fingerprint density at radius 3 is 2.64 bits per heavy atom. The quantitative estimate of drug-likeness (QED) is 0.777. The van der Waals surface area contributed by atoms with Crippen molar-refractivity contribution in [3.63, 3.8) is 0 Å². The first-order valence-electron chi connectivity index (χ1n) is 9.07. The lowest BCUT2D eigenvalue weighted by atomic mass is 10.0. The minimum absolute atomic E-state index is 0.0872. The predicted molar refractivity (Wildman–Crippen MR) is 97.5 cm³/mol. The number of halogens is 1. The Kier molecular flexibility index (Phi) is 5.79. The zero-order valence-corrected chi connectivity index (χ0v) is 14.7. The number of likely N-dealkylation sites (N-methyl/N-ethyl adjacent to an activating group) is 1. The minimum atomic E-state index is -0.264. The van der Waals surface area contributed by atoms with Crippen LogP contribution in [0.15, 0.2) is 42.6 Å². The van der Waals surface area contributed by atoms with Crippen LogP contribution in [0.5, 0.6) is 0 Å². The fourth-order valence-electron chi connectivity index (χ4n) is 3.47. The van der Waals surface area contributed by atoms with Crippen LogP contribution in [0, 0.1) is 11.7 Å². The molecule has 0 N–H and O–H groups in total. The van der Waals surface area contributed by atoms with Crippen LogP contribution >= 0.6 is 0 Å². The number of nitrogens with zero attached hydrogens (tertiary/aromatic N) is 2. The zero-order valence-electron chi connectivity index (χ0n) is 14.7. The predicted octanol–water partition coefficient (Wildman–Crippen LogP) is 4.47. The molecule has 4 heteroatoms. The van der Waals surface area contributed by atoms with Gasteiger partial charge < -0.3 is 4.90 Å². The van der Waals surface area contributed by atoms with Gasteiger partial charge in [0.05, 0.1) is 6.42 Å². The van der Waals surface area contributed by atoms with Crippen molar-refractivity contribution in [2.24, 2.45) is 5.92 Å². The molecule has 0 saturated heterocycles. The molecule has 1 aliphatic carbocycles. The summed E-state index contributed by atoms with van der Waals surface area (Å²) >= 11 is 0. The lowest BCUT2D eigenvalue weighted by Gasteiger charge is -2.19. The maximum atomic E-state index is 13.8. The van der Waals surface area contributed by atoms with E-state index < -0.39 is 0 Å². The highest BCUT2D eigenvalue weighted by molar-refractivity contribution is 5.78. The molecule has 1 aromatic carbocycles.